The van der Waals surface area contributed by atoms with Gasteiger partial charge in [-0.2, -0.15) is 0 Å². The van der Waals surface area contributed by atoms with Gasteiger partial charge in [0.1, 0.15) is 0 Å². The molecule has 0 aliphatic heterocycles. The average Bonchev–Trinajstić information content (AvgIpc) is 2.51. The van der Waals surface area contributed by atoms with Gasteiger partial charge in [0, 0.05) is 24.5 Å². The molecule has 0 saturated heterocycles. The average molecular weight is 344 g/mol. The van der Waals surface area contributed by atoms with E-state index < -0.39 is 6.09 Å². The maximum absolute atomic E-state index is 12.7. The molecule has 0 heterocycles. The fourth-order valence-electron chi connectivity index (χ4n) is 4.27. The van der Waals surface area contributed by atoms with Crippen molar-refractivity contribution in [2.45, 2.75) is 57.0 Å². The van der Waals surface area contributed by atoms with Gasteiger partial charge in [-0.1, -0.05) is 24.3 Å². The summed E-state index contributed by atoms with van der Waals surface area (Å²) in [6.07, 6.45) is 3.01. The molecule has 2 saturated carbocycles. The van der Waals surface area contributed by atoms with Crippen molar-refractivity contribution in [1.29, 1.82) is 0 Å². The molecule has 0 spiro atoms. The van der Waals surface area contributed by atoms with Crippen molar-refractivity contribution in [2.24, 2.45) is 5.92 Å². The van der Waals surface area contributed by atoms with Crippen LogP contribution in [0.2, 0.25) is 0 Å². The molecule has 1 N–H and O–H groups in total. The van der Waals surface area contributed by atoms with E-state index in [9.17, 15) is 9.59 Å². The molecule has 3 rings (SSSR count). The molecule has 5 nitrogen and oxygen atoms in total. The van der Waals surface area contributed by atoms with Crippen molar-refractivity contribution in [3.8, 4) is 0 Å². The predicted octanol–water partition coefficient (Wildman–Crippen LogP) is 3.22. The van der Waals surface area contributed by atoms with Crippen LogP contribution in [0.4, 0.5) is 4.79 Å². The Hall–Kier alpha value is -2.04. The number of alkyl carbamates (subject to hydrolysis) is 1. The first-order valence-corrected chi connectivity index (χ1v) is 9.01. The number of nitrogens with one attached hydrogen (secondary N) is 1. The van der Waals surface area contributed by atoms with Gasteiger partial charge in [0.15, 0.2) is 0 Å². The first kappa shape index (κ1) is 17.8. The zero-order valence-electron chi connectivity index (χ0n) is 15.5. The molecule has 2 amide bonds. The molecule has 2 aliphatic carbocycles. The normalized spacial score (nSPS) is 30.6. The number of amides is 2. The number of benzene rings is 1. The van der Waals surface area contributed by atoms with Crippen LogP contribution in [0.3, 0.4) is 0 Å². The van der Waals surface area contributed by atoms with E-state index in [-0.39, 0.29) is 17.4 Å². The highest BCUT2D eigenvalue weighted by molar-refractivity contribution is 5.81. The zero-order valence-corrected chi connectivity index (χ0v) is 15.5. The van der Waals surface area contributed by atoms with Crippen LogP contribution in [0.1, 0.15) is 49.7 Å². The van der Waals surface area contributed by atoms with E-state index in [1.165, 1.54) is 18.2 Å². The van der Waals surface area contributed by atoms with Gasteiger partial charge in [0.25, 0.3) is 0 Å². The topological polar surface area (TPSA) is 58.6 Å². The Morgan fingerprint density at radius 3 is 2.48 bits per heavy atom. The number of carbonyl (C=O) groups excluding carboxylic acids is 2. The zero-order chi connectivity index (χ0) is 18.2. The van der Waals surface area contributed by atoms with Crippen molar-refractivity contribution in [3.05, 3.63) is 35.4 Å². The summed E-state index contributed by atoms with van der Waals surface area (Å²) in [6.45, 7) is 4.12. The van der Waals surface area contributed by atoms with Crippen LogP contribution < -0.4 is 5.32 Å². The van der Waals surface area contributed by atoms with Gasteiger partial charge in [0.05, 0.1) is 7.11 Å². The smallest absolute Gasteiger partial charge is 0.407 e. The van der Waals surface area contributed by atoms with Crippen LogP contribution in [0.15, 0.2) is 24.3 Å². The summed E-state index contributed by atoms with van der Waals surface area (Å²) in [5, 5.41) is 2.83. The van der Waals surface area contributed by atoms with E-state index in [1.54, 1.807) is 0 Å². The van der Waals surface area contributed by atoms with Crippen LogP contribution in [-0.4, -0.2) is 42.6 Å². The summed E-state index contributed by atoms with van der Waals surface area (Å²) in [4.78, 5) is 26.0. The van der Waals surface area contributed by atoms with E-state index >= 15 is 0 Å². The predicted molar refractivity (Wildman–Crippen MR) is 96.4 cm³/mol. The molecule has 2 aliphatic rings. The van der Waals surface area contributed by atoms with Gasteiger partial charge < -0.3 is 15.0 Å². The van der Waals surface area contributed by atoms with Gasteiger partial charge >= 0.3 is 6.09 Å². The van der Waals surface area contributed by atoms with Gasteiger partial charge in [-0.15, -0.1) is 0 Å². The largest absolute Gasteiger partial charge is 0.453 e. The van der Waals surface area contributed by atoms with Crippen molar-refractivity contribution < 1.29 is 14.3 Å². The number of methoxy groups -OCH3 is 1. The molecule has 0 aromatic heterocycles. The fraction of sp³-hybridized carbons (Fsp3) is 0.600. The third-order valence-corrected chi connectivity index (χ3v) is 5.97. The lowest BCUT2D eigenvalue weighted by Gasteiger charge is -2.48. The second-order valence-electron chi connectivity index (χ2n) is 7.91. The number of rotatable bonds is 4. The first-order valence-electron chi connectivity index (χ1n) is 9.01. The second-order valence-corrected chi connectivity index (χ2v) is 7.91. The van der Waals surface area contributed by atoms with Crippen LogP contribution in [0, 0.1) is 12.8 Å². The Labute approximate surface area is 149 Å². The molecule has 0 radical (unpaired) electrons. The molecule has 0 atom stereocenters. The summed E-state index contributed by atoms with van der Waals surface area (Å²) in [7, 11) is 3.28. The Bertz CT molecular complexity index is 661. The Morgan fingerprint density at radius 2 is 1.88 bits per heavy atom. The van der Waals surface area contributed by atoms with Crippen LogP contribution in [-0.2, 0) is 9.53 Å². The summed E-state index contributed by atoms with van der Waals surface area (Å²) < 4.78 is 4.65. The number of ether oxygens (including phenoxy) is 1. The monoisotopic (exact) mass is 344 g/mol. The molecule has 0 bridgehead atoms. The van der Waals surface area contributed by atoms with Crippen LogP contribution in [0.5, 0.6) is 0 Å². The fourth-order valence-corrected chi connectivity index (χ4v) is 4.27. The Kier molecular flexibility index (Phi) is 4.76. The summed E-state index contributed by atoms with van der Waals surface area (Å²) in [6, 6.07) is 8.85. The molecular formula is C20H28N2O3. The van der Waals surface area contributed by atoms with Gasteiger partial charge in [0.2, 0.25) is 5.91 Å². The van der Waals surface area contributed by atoms with Crippen LogP contribution in [0.25, 0.3) is 0 Å². The summed E-state index contributed by atoms with van der Waals surface area (Å²) >= 11 is 0. The standard InChI is InChI=1S/C20H28N2O3/c1-13-7-5-6-8-17(13)14-9-16(10-14)22(3)18(23)15-11-20(2,12-15)21-19(24)25-4/h5-8,14-16H,9-12H2,1-4H3,(H,21,24)/t14-,15-,16-,20+. The maximum atomic E-state index is 12.7. The SMILES string of the molecule is COC(=O)N[C@]1(C)C[C@H](C(=O)N(C)[C@H]2C[C@H](c3ccccc3C)C2)C1. The number of aryl methyl sites for hydroxylation is 1. The lowest BCUT2D eigenvalue weighted by atomic mass is 9.68. The maximum Gasteiger partial charge on any atom is 0.407 e. The van der Waals surface area contributed by atoms with E-state index in [0.29, 0.717) is 24.8 Å². The third-order valence-electron chi connectivity index (χ3n) is 5.97. The first-order chi connectivity index (χ1) is 11.8. The quantitative estimate of drug-likeness (QED) is 0.912. The summed E-state index contributed by atoms with van der Waals surface area (Å²) in [5.41, 5.74) is 2.43. The minimum Gasteiger partial charge on any atom is -0.453 e. The third kappa shape index (κ3) is 3.51. The molecule has 136 valence electrons. The van der Waals surface area contributed by atoms with Gasteiger partial charge in [-0.05, 0) is 56.6 Å². The van der Waals surface area contributed by atoms with E-state index in [1.807, 2.05) is 18.9 Å². The minimum atomic E-state index is -0.429. The molecular weight excluding hydrogens is 316 g/mol. The molecule has 0 unspecified atom stereocenters. The number of carbonyl (C=O) groups is 2. The molecule has 1 aromatic rings. The number of hydrogen-bond donors (Lipinski definition) is 1. The van der Waals surface area contributed by atoms with Crippen LogP contribution >= 0.6 is 0 Å². The summed E-state index contributed by atoms with van der Waals surface area (Å²) in [5.74, 6) is 0.774. The van der Waals surface area contributed by atoms with E-state index in [2.05, 4.69) is 41.2 Å². The van der Waals surface area contributed by atoms with Gasteiger partial charge in [-0.25, -0.2) is 4.79 Å². The van der Waals surface area contributed by atoms with E-state index in [0.717, 1.165) is 12.8 Å². The lowest BCUT2D eigenvalue weighted by molar-refractivity contribution is -0.143. The van der Waals surface area contributed by atoms with Crippen molar-refractivity contribution in [1.82, 2.24) is 10.2 Å². The highest BCUT2D eigenvalue weighted by atomic mass is 16.5. The Balaban J connectivity index is 1.49. The van der Waals surface area contributed by atoms with Crippen molar-refractivity contribution in [3.63, 3.8) is 0 Å². The van der Waals surface area contributed by atoms with Crippen molar-refractivity contribution >= 4 is 12.0 Å². The molecule has 5 heteroatoms. The minimum absolute atomic E-state index is 0.00432. The Morgan fingerprint density at radius 1 is 1.24 bits per heavy atom. The molecule has 1 aromatic carbocycles. The van der Waals surface area contributed by atoms with E-state index in [4.69, 9.17) is 0 Å². The number of hydrogen-bond acceptors (Lipinski definition) is 3. The molecule has 25 heavy (non-hydrogen) atoms. The highest BCUT2D eigenvalue weighted by Gasteiger charge is 2.47. The highest BCUT2D eigenvalue weighted by Crippen LogP contribution is 2.43. The van der Waals surface area contributed by atoms with Gasteiger partial charge in [-0.3, -0.25) is 4.79 Å². The number of nitrogens with zero attached hydrogens (tertiary/aromatic N) is 1. The lowest BCUT2D eigenvalue weighted by Crippen LogP contribution is -2.59. The van der Waals surface area contributed by atoms with Crippen molar-refractivity contribution in [2.75, 3.05) is 14.2 Å². The molecule has 2 fully saturated rings. The second kappa shape index (κ2) is 6.70.